The fourth-order valence-corrected chi connectivity index (χ4v) is 2.39. The van der Waals surface area contributed by atoms with Gasteiger partial charge in [-0.05, 0) is 38.6 Å². The first kappa shape index (κ1) is 13.3. The quantitative estimate of drug-likeness (QED) is 0.663. The highest BCUT2D eigenvalue weighted by molar-refractivity contribution is 5.59. The summed E-state index contributed by atoms with van der Waals surface area (Å²) >= 11 is 0. The van der Waals surface area contributed by atoms with Gasteiger partial charge in [-0.15, -0.1) is 0 Å². The van der Waals surface area contributed by atoms with Gasteiger partial charge >= 0.3 is 0 Å². The number of anilines is 1. The maximum absolute atomic E-state index is 10.8. The van der Waals surface area contributed by atoms with Gasteiger partial charge in [-0.2, -0.15) is 5.26 Å². The summed E-state index contributed by atoms with van der Waals surface area (Å²) in [6.45, 7) is 2.04. The van der Waals surface area contributed by atoms with E-state index in [9.17, 15) is 10.1 Å². The van der Waals surface area contributed by atoms with Crippen LogP contribution in [0.1, 0.15) is 18.4 Å². The summed E-state index contributed by atoms with van der Waals surface area (Å²) in [5, 5.41) is 23.0. The van der Waals surface area contributed by atoms with E-state index >= 15 is 0 Å². The van der Waals surface area contributed by atoms with Gasteiger partial charge in [-0.25, -0.2) is 0 Å². The van der Waals surface area contributed by atoms with Crippen LogP contribution in [0.25, 0.3) is 0 Å². The lowest BCUT2D eigenvalue weighted by molar-refractivity contribution is -0.385. The van der Waals surface area contributed by atoms with E-state index in [0.717, 1.165) is 31.6 Å². The number of benzene rings is 1. The first-order valence-electron chi connectivity index (χ1n) is 6.24. The number of nitrogens with zero attached hydrogens (tertiary/aromatic N) is 3. The van der Waals surface area contributed by atoms with Crippen molar-refractivity contribution in [1.82, 2.24) is 4.90 Å². The van der Waals surface area contributed by atoms with Crippen molar-refractivity contribution in [3.05, 3.63) is 33.9 Å². The van der Waals surface area contributed by atoms with Crippen LogP contribution in [0, 0.1) is 21.4 Å². The second-order valence-electron chi connectivity index (χ2n) is 4.85. The van der Waals surface area contributed by atoms with Gasteiger partial charge in [-0.3, -0.25) is 10.1 Å². The van der Waals surface area contributed by atoms with Crippen molar-refractivity contribution in [2.45, 2.75) is 18.9 Å². The normalized spacial score (nSPS) is 19.7. The highest BCUT2D eigenvalue weighted by Gasteiger charge is 2.18. The SMILES string of the molecule is CN1CCCC(Nc2ccc([N+](=O)[O-])c(C#N)c2)C1. The minimum absolute atomic E-state index is 0.0964. The number of likely N-dealkylation sites (tertiary alicyclic amines) is 1. The van der Waals surface area contributed by atoms with Crippen LogP contribution in [0.15, 0.2) is 18.2 Å². The molecule has 1 heterocycles. The molecule has 6 nitrogen and oxygen atoms in total. The lowest BCUT2D eigenvalue weighted by atomic mass is 10.1. The average molecular weight is 260 g/mol. The summed E-state index contributed by atoms with van der Waals surface area (Å²) < 4.78 is 0. The van der Waals surface area contributed by atoms with Crippen molar-refractivity contribution in [3.8, 4) is 6.07 Å². The Morgan fingerprint density at radius 1 is 1.58 bits per heavy atom. The Hall–Kier alpha value is -2.13. The molecular formula is C13H16N4O2. The maximum atomic E-state index is 10.8. The minimum Gasteiger partial charge on any atom is -0.381 e. The lowest BCUT2D eigenvalue weighted by Gasteiger charge is -2.30. The van der Waals surface area contributed by atoms with Gasteiger partial charge in [-0.1, -0.05) is 0 Å². The zero-order valence-corrected chi connectivity index (χ0v) is 10.8. The predicted octanol–water partition coefficient (Wildman–Crippen LogP) is 1.97. The molecule has 0 aliphatic carbocycles. The van der Waals surface area contributed by atoms with Crippen molar-refractivity contribution < 1.29 is 4.92 Å². The summed E-state index contributed by atoms with van der Waals surface area (Å²) in [6.07, 6.45) is 2.20. The van der Waals surface area contributed by atoms with Gasteiger partial charge in [0.2, 0.25) is 0 Å². The molecule has 1 unspecified atom stereocenters. The first-order chi connectivity index (χ1) is 9.10. The standard InChI is InChI=1S/C13H16N4O2/c1-16-6-2-3-12(9-16)15-11-4-5-13(17(18)19)10(7-11)8-14/h4-5,7,12,15H,2-3,6,9H2,1H3. The highest BCUT2D eigenvalue weighted by Crippen LogP contribution is 2.23. The van der Waals surface area contributed by atoms with Crippen LogP contribution >= 0.6 is 0 Å². The highest BCUT2D eigenvalue weighted by atomic mass is 16.6. The molecule has 0 radical (unpaired) electrons. The number of rotatable bonds is 3. The van der Waals surface area contributed by atoms with Gasteiger partial charge in [0.15, 0.2) is 0 Å². The molecular weight excluding hydrogens is 244 g/mol. The molecule has 1 atom stereocenters. The molecule has 0 saturated carbocycles. The fraction of sp³-hybridized carbons (Fsp3) is 0.462. The van der Waals surface area contributed by atoms with E-state index in [4.69, 9.17) is 5.26 Å². The Balaban J connectivity index is 2.13. The predicted molar refractivity (Wildman–Crippen MR) is 72.0 cm³/mol. The number of nitrogens with one attached hydrogen (secondary N) is 1. The van der Waals surface area contributed by atoms with Crippen LogP contribution in [0.4, 0.5) is 11.4 Å². The minimum atomic E-state index is -0.531. The Labute approximate surface area is 111 Å². The molecule has 0 bridgehead atoms. The molecule has 1 N–H and O–H groups in total. The number of nitro groups is 1. The summed E-state index contributed by atoms with van der Waals surface area (Å²) in [4.78, 5) is 12.5. The van der Waals surface area contributed by atoms with E-state index in [0.29, 0.717) is 6.04 Å². The molecule has 0 spiro atoms. The molecule has 6 heteroatoms. The van der Waals surface area contributed by atoms with E-state index in [1.54, 1.807) is 12.1 Å². The number of piperidine rings is 1. The zero-order chi connectivity index (χ0) is 13.8. The zero-order valence-electron chi connectivity index (χ0n) is 10.8. The van der Waals surface area contributed by atoms with Crippen LogP contribution in [-0.4, -0.2) is 36.0 Å². The van der Waals surface area contributed by atoms with Crippen LogP contribution in [0.3, 0.4) is 0 Å². The fourth-order valence-electron chi connectivity index (χ4n) is 2.39. The second kappa shape index (κ2) is 5.67. The van der Waals surface area contributed by atoms with Gasteiger partial charge in [0, 0.05) is 24.3 Å². The van der Waals surface area contributed by atoms with Crippen molar-refractivity contribution in [1.29, 1.82) is 5.26 Å². The molecule has 2 rings (SSSR count). The smallest absolute Gasteiger partial charge is 0.287 e. The van der Waals surface area contributed by atoms with E-state index in [1.165, 1.54) is 6.07 Å². The van der Waals surface area contributed by atoms with Crippen molar-refractivity contribution >= 4 is 11.4 Å². The number of hydrogen-bond donors (Lipinski definition) is 1. The van der Waals surface area contributed by atoms with Gasteiger partial charge in [0.1, 0.15) is 11.6 Å². The van der Waals surface area contributed by atoms with Crippen LogP contribution in [0.2, 0.25) is 0 Å². The van der Waals surface area contributed by atoms with E-state index < -0.39 is 4.92 Å². The Bertz CT molecular complexity index is 524. The molecule has 100 valence electrons. The van der Waals surface area contributed by atoms with Gasteiger partial charge in [0.25, 0.3) is 5.69 Å². The Kier molecular flexibility index (Phi) is 3.97. The molecule has 19 heavy (non-hydrogen) atoms. The van der Waals surface area contributed by atoms with Gasteiger partial charge in [0.05, 0.1) is 4.92 Å². The van der Waals surface area contributed by atoms with Crippen LogP contribution in [-0.2, 0) is 0 Å². The van der Waals surface area contributed by atoms with Crippen molar-refractivity contribution in [2.24, 2.45) is 0 Å². The number of nitriles is 1. The number of likely N-dealkylation sites (N-methyl/N-ethyl adjacent to an activating group) is 1. The van der Waals surface area contributed by atoms with E-state index in [-0.39, 0.29) is 11.3 Å². The van der Waals surface area contributed by atoms with Crippen molar-refractivity contribution in [2.75, 3.05) is 25.5 Å². The third kappa shape index (κ3) is 3.20. The molecule has 1 aromatic carbocycles. The van der Waals surface area contributed by atoms with Crippen molar-refractivity contribution in [3.63, 3.8) is 0 Å². The molecule has 1 fully saturated rings. The molecule has 1 aliphatic rings. The lowest BCUT2D eigenvalue weighted by Crippen LogP contribution is -2.39. The topological polar surface area (TPSA) is 82.2 Å². The maximum Gasteiger partial charge on any atom is 0.287 e. The molecule has 0 amide bonds. The van der Waals surface area contributed by atoms with E-state index in [2.05, 4.69) is 17.3 Å². The molecule has 1 aromatic rings. The van der Waals surface area contributed by atoms with Crippen LogP contribution < -0.4 is 5.32 Å². The largest absolute Gasteiger partial charge is 0.381 e. The van der Waals surface area contributed by atoms with Crippen LogP contribution in [0.5, 0.6) is 0 Å². The molecule has 1 aliphatic heterocycles. The van der Waals surface area contributed by atoms with E-state index in [1.807, 2.05) is 6.07 Å². The van der Waals surface area contributed by atoms with Gasteiger partial charge < -0.3 is 10.2 Å². The Morgan fingerprint density at radius 2 is 2.37 bits per heavy atom. The average Bonchev–Trinajstić information content (AvgIpc) is 2.38. The monoisotopic (exact) mass is 260 g/mol. The third-order valence-corrected chi connectivity index (χ3v) is 3.31. The molecule has 1 saturated heterocycles. The summed E-state index contributed by atoms with van der Waals surface area (Å²) in [5.41, 5.74) is 0.718. The summed E-state index contributed by atoms with van der Waals surface area (Å²) in [7, 11) is 2.07. The first-order valence-corrected chi connectivity index (χ1v) is 6.24. The Morgan fingerprint density at radius 3 is 3.00 bits per heavy atom. The molecule has 0 aromatic heterocycles. The summed E-state index contributed by atoms with van der Waals surface area (Å²) in [6, 6.07) is 6.79. The summed E-state index contributed by atoms with van der Waals surface area (Å²) in [5.74, 6) is 0. The number of hydrogen-bond acceptors (Lipinski definition) is 5. The second-order valence-corrected chi connectivity index (χ2v) is 4.85. The number of nitro benzene ring substituents is 1. The third-order valence-electron chi connectivity index (χ3n) is 3.31.